The van der Waals surface area contributed by atoms with E-state index in [0.29, 0.717) is 11.6 Å². The fourth-order valence-electron chi connectivity index (χ4n) is 1.70. The summed E-state index contributed by atoms with van der Waals surface area (Å²) >= 11 is 5.82. The van der Waals surface area contributed by atoms with Crippen LogP contribution in [0.5, 0.6) is 0 Å². The van der Waals surface area contributed by atoms with Gasteiger partial charge in [-0.15, -0.1) is 0 Å². The van der Waals surface area contributed by atoms with Crippen molar-refractivity contribution in [3.63, 3.8) is 0 Å². The monoisotopic (exact) mass is 280 g/mol. The highest BCUT2D eigenvalue weighted by Crippen LogP contribution is 2.26. The third-order valence-electron chi connectivity index (χ3n) is 2.62. The average molecular weight is 281 g/mol. The molecule has 0 saturated heterocycles. The number of benzene rings is 1. The van der Waals surface area contributed by atoms with Crippen LogP contribution in [0, 0.1) is 5.92 Å². The van der Waals surface area contributed by atoms with Crippen molar-refractivity contribution in [1.29, 1.82) is 0 Å². The number of hydrogen-bond donors (Lipinski definition) is 1. The van der Waals surface area contributed by atoms with Crippen molar-refractivity contribution in [3.8, 4) is 0 Å². The molecule has 0 fully saturated rings. The molecule has 2 N–H and O–H groups in total. The third kappa shape index (κ3) is 4.84. The molecular weight excluding hydrogens is 265 g/mol. The molecule has 1 atom stereocenters. The van der Waals surface area contributed by atoms with E-state index in [1.54, 1.807) is 30.1 Å². The molecule has 6 heteroatoms. The van der Waals surface area contributed by atoms with Crippen LogP contribution in [-0.4, -0.2) is 31.2 Å². The Balaban J connectivity index is 2.58. The molecule has 0 heterocycles. The Morgan fingerprint density at radius 3 is 2.56 bits per heavy atom. The van der Waals surface area contributed by atoms with Gasteiger partial charge in [-0.25, -0.2) is 0 Å². The fraction of sp³-hybridized carbons (Fsp3) is 0.500. The highest BCUT2D eigenvalue weighted by molar-refractivity contribution is 6.30. The lowest BCUT2D eigenvalue weighted by atomic mass is 10.1. The minimum Gasteiger partial charge on any atom is -0.330 e. The number of hydrogen-bond acceptors (Lipinski definition) is 2. The molecule has 0 radical (unpaired) electrons. The van der Waals surface area contributed by atoms with Crippen molar-refractivity contribution in [2.24, 2.45) is 11.7 Å². The zero-order valence-corrected chi connectivity index (χ0v) is 10.8. The van der Waals surface area contributed by atoms with Gasteiger partial charge in [-0.05, 0) is 24.7 Å². The molecule has 102 valence electrons. The van der Waals surface area contributed by atoms with E-state index in [4.69, 9.17) is 17.3 Å². The molecule has 0 aromatic heterocycles. The molecule has 1 rings (SSSR count). The normalized spacial score (nSPS) is 13.9. The highest BCUT2D eigenvalue weighted by Gasteiger charge is 2.38. The predicted octanol–water partition coefficient (Wildman–Crippen LogP) is 2.91. The van der Waals surface area contributed by atoms with Crippen molar-refractivity contribution in [3.05, 3.63) is 34.9 Å². The van der Waals surface area contributed by atoms with Crippen LogP contribution in [0.4, 0.5) is 13.2 Å². The van der Waals surface area contributed by atoms with E-state index in [1.807, 2.05) is 6.07 Å². The molecule has 1 aromatic carbocycles. The zero-order chi connectivity index (χ0) is 13.8. The highest BCUT2D eigenvalue weighted by atomic mass is 35.5. The van der Waals surface area contributed by atoms with Crippen molar-refractivity contribution in [2.75, 3.05) is 20.1 Å². The summed E-state index contributed by atoms with van der Waals surface area (Å²) in [6.07, 6.45) is -4.25. The van der Waals surface area contributed by atoms with Gasteiger partial charge in [-0.3, -0.25) is 0 Å². The summed E-state index contributed by atoms with van der Waals surface area (Å²) in [7, 11) is 1.63. The van der Waals surface area contributed by atoms with Gasteiger partial charge in [0.05, 0.1) is 5.92 Å². The Hall–Kier alpha value is -0.780. The van der Waals surface area contributed by atoms with Crippen LogP contribution in [0.15, 0.2) is 24.3 Å². The molecule has 0 spiro atoms. The van der Waals surface area contributed by atoms with Crippen LogP contribution in [0.2, 0.25) is 5.02 Å². The van der Waals surface area contributed by atoms with E-state index >= 15 is 0 Å². The SMILES string of the molecule is CN(Cc1cccc(Cl)c1)CC(CN)C(F)(F)F. The first kappa shape index (κ1) is 15.3. The van der Waals surface area contributed by atoms with Gasteiger partial charge in [0.25, 0.3) is 0 Å². The number of alkyl halides is 3. The lowest BCUT2D eigenvalue weighted by Crippen LogP contribution is -2.39. The number of nitrogens with zero attached hydrogens (tertiary/aromatic N) is 1. The Morgan fingerprint density at radius 2 is 2.06 bits per heavy atom. The number of rotatable bonds is 5. The largest absolute Gasteiger partial charge is 0.394 e. The summed E-state index contributed by atoms with van der Waals surface area (Å²) in [6, 6.07) is 7.07. The van der Waals surface area contributed by atoms with Crippen LogP contribution in [0.25, 0.3) is 0 Å². The lowest BCUT2D eigenvalue weighted by molar-refractivity contribution is -0.175. The van der Waals surface area contributed by atoms with Gasteiger partial charge in [-0.2, -0.15) is 13.2 Å². The smallest absolute Gasteiger partial charge is 0.330 e. The summed E-state index contributed by atoms with van der Waals surface area (Å²) in [5.41, 5.74) is 6.03. The van der Waals surface area contributed by atoms with E-state index in [-0.39, 0.29) is 6.54 Å². The maximum Gasteiger partial charge on any atom is 0.394 e. The summed E-state index contributed by atoms with van der Waals surface area (Å²) < 4.78 is 37.7. The summed E-state index contributed by atoms with van der Waals surface area (Å²) in [6.45, 7) is -0.108. The quantitative estimate of drug-likeness (QED) is 0.899. The van der Waals surface area contributed by atoms with Crippen LogP contribution in [0.3, 0.4) is 0 Å². The predicted molar refractivity (Wildman–Crippen MR) is 66.4 cm³/mol. The van der Waals surface area contributed by atoms with E-state index in [0.717, 1.165) is 5.56 Å². The summed E-state index contributed by atoms with van der Waals surface area (Å²) in [5, 5.41) is 0.576. The van der Waals surface area contributed by atoms with Gasteiger partial charge >= 0.3 is 6.18 Å². The Bertz CT molecular complexity index is 382. The second-order valence-corrected chi connectivity index (χ2v) is 4.74. The molecule has 18 heavy (non-hydrogen) atoms. The zero-order valence-electron chi connectivity index (χ0n) is 10.0. The van der Waals surface area contributed by atoms with Crippen LogP contribution >= 0.6 is 11.6 Å². The first-order chi connectivity index (χ1) is 8.32. The van der Waals surface area contributed by atoms with Gasteiger partial charge in [0.2, 0.25) is 0 Å². The molecule has 1 aromatic rings. The molecule has 0 amide bonds. The van der Waals surface area contributed by atoms with Crippen LogP contribution < -0.4 is 5.73 Å². The maximum atomic E-state index is 12.6. The molecule has 0 saturated carbocycles. The van der Waals surface area contributed by atoms with Crippen LogP contribution in [0.1, 0.15) is 5.56 Å². The molecule has 0 aliphatic carbocycles. The first-order valence-corrected chi connectivity index (χ1v) is 5.90. The minimum atomic E-state index is -4.25. The van der Waals surface area contributed by atoms with E-state index in [1.165, 1.54) is 0 Å². The van der Waals surface area contributed by atoms with Crippen molar-refractivity contribution in [2.45, 2.75) is 12.7 Å². The molecule has 1 unspecified atom stereocenters. The van der Waals surface area contributed by atoms with Gasteiger partial charge < -0.3 is 10.6 Å². The van der Waals surface area contributed by atoms with Gasteiger partial charge in [0.1, 0.15) is 0 Å². The van der Waals surface area contributed by atoms with E-state index in [9.17, 15) is 13.2 Å². The maximum absolute atomic E-state index is 12.6. The average Bonchev–Trinajstić information content (AvgIpc) is 2.24. The van der Waals surface area contributed by atoms with Crippen molar-refractivity contribution < 1.29 is 13.2 Å². The van der Waals surface area contributed by atoms with Crippen molar-refractivity contribution >= 4 is 11.6 Å². The molecule has 2 nitrogen and oxygen atoms in total. The fourth-order valence-corrected chi connectivity index (χ4v) is 1.91. The summed E-state index contributed by atoms with van der Waals surface area (Å²) in [5.74, 6) is -1.50. The van der Waals surface area contributed by atoms with E-state index in [2.05, 4.69) is 0 Å². The first-order valence-electron chi connectivity index (χ1n) is 5.52. The minimum absolute atomic E-state index is 0.119. The Labute approximate surface area is 110 Å². The molecule has 0 aliphatic rings. The second kappa shape index (κ2) is 6.41. The molecular formula is C12H16ClF3N2. The molecule has 0 bridgehead atoms. The Morgan fingerprint density at radius 1 is 1.39 bits per heavy atom. The van der Waals surface area contributed by atoms with Crippen LogP contribution in [-0.2, 0) is 6.54 Å². The van der Waals surface area contributed by atoms with Gasteiger partial charge in [-0.1, -0.05) is 23.7 Å². The van der Waals surface area contributed by atoms with Gasteiger partial charge in [0.15, 0.2) is 0 Å². The van der Waals surface area contributed by atoms with E-state index < -0.39 is 18.6 Å². The Kier molecular flexibility index (Phi) is 5.44. The van der Waals surface area contributed by atoms with Crippen molar-refractivity contribution in [1.82, 2.24) is 4.90 Å². The number of nitrogens with two attached hydrogens (primary N) is 1. The third-order valence-corrected chi connectivity index (χ3v) is 2.86. The topological polar surface area (TPSA) is 29.3 Å². The summed E-state index contributed by atoms with van der Waals surface area (Å²) in [4.78, 5) is 1.59. The second-order valence-electron chi connectivity index (χ2n) is 4.30. The number of halogens is 4. The van der Waals surface area contributed by atoms with Gasteiger partial charge in [0, 0.05) is 24.7 Å². The molecule has 0 aliphatic heterocycles. The standard InChI is InChI=1S/C12H16ClF3N2/c1-18(8-10(6-17)12(14,15)16)7-9-3-2-4-11(13)5-9/h2-5,10H,6-8,17H2,1H3. The lowest BCUT2D eigenvalue weighted by Gasteiger charge is -2.25.